The number of rotatable bonds is 5. The molecule has 2 aromatic rings. The summed E-state index contributed by atoms with van der Waals surface area (Å²) in [6, 6.07) is 17.4. The van der Waals surface area contributed by atoms with Gasteiger partial charge in [0.05, 0.1) is 5.92 Å². The molecule has 0 spiro atoms. The lowest BCUT2D eigenvalue weighted by Gasteiger charge is -2.38. The van der Waals surface area contributed by atoms with E-state index in [1.807, 2.05) is 12.1 Å². The van der Waals surface area contributed by atoms with Gasteiger partial charge in [0.1, 0.15) is 5.82 Å². The third-order valence-corrected chi connectivity index (χ3v) is 6.47. The Kier molecular flexibility index (Phi) is 6.60. The Morgan fingerprint density at radius 1 is 0.897 bits per heavy atom. The summed E-state index contributed by atoms with van der Waals surface area (Å²) in [4.78, 5) is 17.6. The summed E-state index contributed by atoms with van der Waals surface area (Å²) < 4.78 is 13.1. The summed E-state index contributed by atoms with van der Waals surface area (Å²) >= 11 is 0. The second-order valence-electron chi connectivity index (χ2n) is 8.66. The summed E-state index contributed by atoms with van der Waals surface area (Å²) in [5.41, 5.74) is 2.52. The van der Waals surface area contributed by atoms with Gasteiger partial charge in [0, 0.05) is 26.2 Å². The van der Waals surface area contributed by atoms with Gasteiger partial charge < -0.3 is 4.90 Å². The highest BCUT2D eigenvalue weighted by Gasteiger charge is 2.31. The molecule has 1 unspecified atom stereocenters. The number of amides is 1. The maximum atomic E-state index is 13.1. The minimum atomic E-state index is -0.198. The first-order valence-electron chi connectivity index (χ1n) is 11.0. The van der Waals surface area contributed by atoms with Gasteiger partial charge in [-0.25, -0.2) is 4.39 Å². The predicted octanol–water partition coefficient (Wildman–Crippen LogP) is 4.52. The second kappa shape index (κ2) is 9.53. The third kappa shape index (κ3) is 5.45. The van der Waals surface area contributed by atoms with E-state index in [4.69, 9.17) is 0 Å². The van der Waals surface area contributed by atoms with Gasteiger partial charge in [0.25, 0.3) is 0 Å². The van der Waals surface area contributed by atoms with Gasteiger partial charge in [-0.15, -0.1) is 0 Å². The maximum Gasteiger partial charge on any atom is 0.226 e. The molecule has 2 heterocycles. The number of halogens is 1. The molecule has 154 valence electrons. The van der Waals surface area contributed by atoms with Gasteiger partial charge in [-0.3, -0.25) is 9.69 Å². The van der Waals surface area contributed by atoms with Gasteiger partial charge in [-0.05, 0) is 67.8 Å². The Balaban J connectivity index is 1.26. The third-order valence-electron chi connectivity index (χ3n) is 6.47. The Morgan fingerprint density at radius 2 is 1.62 bits per heavy atom. The summed E-state index contributed by atoms with van der Waals surface area (Å²) in [5.74, 6) is 0.931. The lowest BCUT2D eigenvalue weighted by atomic mass is 9.89. The summed E-state index contributed by atoms with van der Waals surface area (Å²) in [5, 5.41) is 0. The van der Waals surface area contributed by atoms with Crippen LogP contribution in [-0.2, 0) is 17.8 Å². The Morgan fingerprint density at radius 3 is 2.34 bits per heavy atom. The van der Waals surface area contributed by atoms with Crippen molar-refractivity contribution in [1.82, 2.24) is 9.80 Å². The monoisotopic (exact) mass is 394 g/mol. The fraction of sp³-hybridized carbons (Fsp3) is 0.480. The normalized spacial score (nSPS) is 21.3. The zero-order valence-corrected chi connectivity index (χ0v) is 17.1. The van der Waals surface area contributed by atoms with Crippen LogP contribution in [0.2, 0.25) is 0 Å². The first kappa shape index (κ1) is 20.1. The number of carbonyl (C=O) groups excluding carboxylic acids is 1. The zero-order valence-electron chi connectivity index (χ0n) is 17.1. The minimum absolute atomic E-state index is 0.106. The molecule has 2 aliphatic heterocycles. The highest BCUT2D eigenvalue weighted by Crippen LogP contribution is 2.26. The number of likely N-dealkylation sites (tertiary alicyclic amines) is 2. The highest BCUT2D eigenvalue weighted by atomic mass is 19.1. The molecule has 0 N–H and O–H groups in total. The van der Waals surface area contributed by atoms with Crippen molar-refractivity contribution in [3.63, 3.8) is 0 Å². The zero-order chi connectivity index (χ0) is 20.1. The van der Waals surface area contributed by atoms with Crippen LogP contribution in [0.1, 0.15) is 36.8 Å². The topological polar surface area (TPSA) is 23.6 Å². The summed E-state index contributed by atoms with van der Waals surface area (Å²) in [7, 11) is 0. The van der Waals surface area contributed by atoms with Gasteiger partial charge in [-0.2, -0.15) is 0 Å². The van der Waals surface area contributed by atoms with E-state index in [-0.39, 0.29) is 11.7 Å². The lowest BCUT2D eigenvalue weighted by molar-refractivity contribution is -0.138. The Hall–Kier alpha value is -2.20. The average Bonchev–Trinajstić information content (AvgIpc) is 2.76. The standard InChI is InChI=1S/C25H31FN2O/c26-24-10-8-22(9-11-24)18-27-14-4-7-23(19-27)25(29)28-15-12-21(13-16-28)17-20-5-2-1-3-6-20/h1-3,5-6,8-11,21,23H,4,7,12-19H2. The number of benzene rings is 2. The molecular formula is C25H31FN2O. The van der Waals surface area contributed by atoms with E-state index >= 15 is 0 Å². The van der Waals surface area contributed by atoms with Gasteiger partial charge in [0.2, 0.25) is 5.91 Å². The van der Waals surface area contributed by atoms with Crippen molar-refractivity contribution in [1.29, 1.82) is 0 Å². The van der Waals surface area contributed by atoms with Crippen molar-refractivity contribution < 1.29 is 9.18 Å². The molecule has 4 heteroatoms. The van der Waals surface area contributed by atoms with Crippen molar-refractivity contribution in [2.24, 2.45) is 11.8 Å². The molecule has 0 bridgehead atoms. The average molecular weight is 395 g/mol. The van der Waals surface area contributed by atoms with E-state index in [1.165, 1.54) is 17.7 Å². The molecule has 2 aromatic carbocycles. The van der Waals surface area contributed by atoms with E-state index in [1.54, 1.807) is 0 Å². The molecule has 0 radical (unpaired) electrons. The predicted molar refractivity (Wildman–Crippen MR) is 114 cm³/mol. The molecule has 29 heavy (non-hydrogen) atoms. The SMILES string of the molecule is O=C(C1CCCN(Cc2ccc(F)cc2)C1)N1CCC(Cc2ccccc2)CC1. The Bertz CT molecular complexity index is 784. The van der Waals surface area contributed by atoms with E-state index in [0.717, 1.165) is 70.4 Å². The summed E-state index contributed by atoms with van der Waals surface area (Å²) in [6.07, 6.45) is 5.38. The molecule has 2 fully saturated rings. The van der Waals surface area contributed by atoms with Crippen LogP contribution < -0.4 is 0 Å². The number of hydrogen-bond donors (Lipinski definition) is 0. The molecule has 0 saturated carbocycles. The lowest BCUT2D eigenvalue weighted by Crippen LogP contribution is -2.47. The molecular weight excluding hydrogens is 363 g/mol. The van der Waals surface area contributed by atoms with E-state index in [9.17, 15) is 9.18 Å². The first-order chi connectivity index (χ1) is 14.2. The molecule has 3 nitrogen and oxygen atoms in total. The Labute approximate surface area is 173 Å². The molecule has 1 amide bonds. The van der Waals surface area contributed by atoms with Crippen molar-refractivity contribution >= 4 is 5.91 Å². The molecule has 0 aromatic heterocycles. The van der Waals surface area contributed by atoms with Crippen LogP contribution in [0.25, 0.3) is 0 Å². The largest absolute Gasteiger partial charge is 0.342 e. The highest BCUT2D eigenvalue weighted by molar-refractivity contribution is 5.79. The van der Waals surface area contributed by atoms with Crippen molar-refractivity contribution in [3.8, 4) is 0 Å². The van der Waals surface area contributed by atoms with Crippen LogP contribution in [0.15, 0.2) is 54.6 Å². The van der Waals surface area contributed by atoms with Crippen molar-refractivity contribution in [2.45, 2.75) is 38.6 Å². The first-order valence-corrected chi connectivity index (χ1v) is 11.0. The number of piperidine rings is 2. The minimum Gasteiger partial charge on any atom is -0.342 e. The second-order valence-corrected chi connectivity index (χ2v) is 8.66. The van der Waals surface area contributed by atoms with E-state index < -0.39 is 0 Å². The van der Waals surface area contributed by atoms with E-state index in [2.05, 4.69) is 40.1 Å². The summed E-state index contributed by atoms with van der Waals surface area (Å²) in [6.45, 7) is 4.42. The van der Waals surface area contributed by atoms with Crippen molar-refractivity contribution in [3.05, 3.63) is 71.5 Å². The fourth-order valence-corrected chi connectivity index (χ4v) is 4.81. The molecule has 1 atom stereocenters. The van der Waals surface area contributed by atoms with Crippen LogP contribution in [0, 0.1) is 17.7 Å². The van der Waals surface area contributed by atoms with Gasteiger partial charge in [-0.1, -0.05) is 42.5 Å². The number of hydrogen-bond acceptors (Lipinski definition) is 2. The van der Waals surface area contributed by atoms with Crippen LogP contribution in [0.5, 0.6) is 0 Å². The molecule has 0 aliphatic carbocycles. The van der Waals surface area contributed by atoms with E-state index in [0.29, 0.717) is 11.8 Å². The quantitative estimate of drug-likeness (QED) is 0.744. The molecule has 2 saturated heterocycles. The molecule has 2 aliphatic rings. The molecule has 4 rings (SSSR count). The smallest absolute Gasteiger partial charge is 0.226 e. The van der Waals surface area contributed by atoms with Crippen LogP contribution >= 0.6 is 0 Å². The number of nitrogens with zero attached hydrogens (tertiary/aromatic N) is 2. The maximum absolute atomic E-state index is 13.1. The van der Waals surface area contributed by atoms with Crippen LogP contribution in [-0.4, -0.2) is 41.9 Å². The van der Waals surface area contributed by atoms with Crippen LogP contribution in [0.4, 0.5) is 4.39 Å². The van der Waals surface area contributed by atoms with Gasteiger partial charge >= 0.3 is 0 Å². The van der Waals surface area contributed by atoms with Crippen molar-refractivity contribution in [2.75, 3.05) is 26.2 Å². The fourth-order valence-electron chi connectivity index (χ4n) is 4.81. The van der Waals surface area contributed by atoms with Crippen LogP contribution in [0.3, 0.4) is 0 Å². The van der Waals surface area contributed by atoms with Gasteiger partial charge in [0.15, 0.2) is 0 Å². The number of carbonyl (C=O) groups is 1.